The number of aromatic nitrogens is 1. The first-order valence-corrected chi connectivity index (χ1v) is 8.74. The van der Waals surface area contributed by atoms with Gasteiger partial charge in [0.25, 0.3) is 17.7 Å². The monoisotopic (exact) mass is 426 g/mol. The molecular formula is C19H15BrN4O3. The highest BCUT2D eigenvalue weighted by Gasteiger charge is 2.16. The SMILES string of the molecule is O=C(NNC(=O)c1ccccc1NC(=O)c1ccccc1Br)c1ccc[nH]1. The van der Waals surface area contributed by atoms with Crippen molar-refractivity contribution >= 4 is 39.3 Å². The molecule has 4 N–H and O–H groups in total. The lowest BCUT2D eigenvalue weighted by molar-refractivity contribution is 0.0844. The van der Waals surface area contributed by atoms with E-state index < -0.39 is 11.8 Å². The van der Waals surface area contributed by atoms with Gasteiger partial charge in [0.15, 0.2) is 0 Å². The van der Waals surface area contributed by atoms with Crippen LogP contribution in [0.5, 0.6) is 0 Å². The Bertz CT molecular complexity index is 986. The lowest BCUT2D eigenvalue weighted by Crippen LogP contribution is -2.42. The summed E-state index contributed by atoms with van der Waals surface area (Å²) < 4.78 is 0.641. The first kappa shape index (κ1) is 18.4. The zero-order valence-corrected chi connectivity index (χ0v) is 15.5. The molecule has 0 aliphatic heterocycles. The number of para-hydroxylation sites is 1. The van der Waals surface area contributed by atoms with E-state index >= 15 is 0 Å². The van der Waals surface area contributed by atoms with Gasteiger partial charge in [-0.25, -0.2) is 0 Å². The molecule has 27 heavy (non-hydrogen) atoms. The number of nitrogens with one attached hydrogen (secondary N) is 4. The molecule has 0 aliphatic rings. The maximum atomic E-state index is 12.5. The fourth-order valence-corrected chi connectivity index (χ4v) is 2.81. The molecule has 0 saturated heterocycles. The Balaban J connectivity index is 1.71. The maximum Gasteiger partial charge on any atom is 0.286 e. The van der Waals surface area contributed by atoms with Crippen LogP contribution in [0.4, 0.5) is 5.69 Å². The molecule has 0 atom stereocenters. The summed E-state index contributed by atoms with van der Waals surface area (Å²) in [7, 11) is 0. The summed E-state index contributed by atoms with van der Waals surface area (Å²) in [4.78, 5) is 39.5. The number of hydrogen-bond acceptors (Lipinski definition) is 3. The van der Waals surface area contributed by atoms with Crippen LogP contribution in [0.2, 0.25) is 0 Å². The maximum absolute atomic E-state index is 12.5. The Morgan fingerprint density at radius 3 is 2.11 bits per heavy atom. The third-order valence-electron chi connectivity index (χ3n) is 3.67. The fraction of sp³-hybridized carbons (Fsp3) is 0. The molecule has 0 spiro atoms. The highest BCUT2D eigenvalue weighted by molar-refractivity contribution is 9.10. The summed E-state index contributed by atoms with van der Waals surface area (Å²) in [6.45, 7) is 0. The van der Waals surface area contributed by atoms with Crippen molar-refractivity contribution in [2.24, 2.45) is 0 Å². The van der Waals surface area contributed by atoms with E-state index in [0.29, 0.717) is 21.4 Å². The van der Waals surface area contributed by atoms with Gasteiger partial charge in [-0.3, -0.25) is 25.2 Å². The van der Waals surface area contributed by atoms with Crippen molar-refractivity contribution < 1.29 is 14.4 Å². The van der Waals surface area contributed by atoms with Crippen molar-refractivity contribution in [3.8, 4) is 0 Å². The topological polar surface area (TPSA) is 103 Å². The van der Waals surface area contributed by atoms with Gasteiger partial charge >= 0.3 is 0 Å². The standard InChI is InChI=1S/C19H15BrN4O3/c20-14-8-3-1-6-12(14)17(25)22-15-9-4-2-7-13(15)18(26)23-24-19(27)16-10-5-11-21-16/h1-11,21H,(H,22,25)(H,23,26)(H,24,27). The van der Waals surface area contributed by atoms with E-state index in [1.807, 2.05) is 0 Å². The number of hydrazine groups is 1. The van der Waals surface area contributed by atoms with Crippen LogP contribution in [-0.4, -0.2) is 22.7 Å². The zero-order chi connectivity index (χ0) is 19.2. The summed E-state index contributed by atoms with van der Waals surface area (Å²) in [6.07, 6.45) is 1.60. The highest BCUT2D eigenvalue weighted by Crippen LogP contribution is 2.20. The smallest absolute Gasteiger partial charge is 0.286 e. The molecule has 3 rings (SSSR count). The van der Waals surface area contributed by atoms with Crippen molar-refractivity contribution in [2.75, 3.05) is 5.32 Å². The number of hydrogen-bond donors (Lipinski definition) is 4. The number of amides is 3. The van der Waals surface area contributed by atoms with Crippen molar-refractivity contribution in [1.29, 1.82) is 0 Å². The minimum absolute atomic E-state index is 0.213. The number of carbonyl (C=O) groups excluding carboxylic acids is 3. The van der Waals surface area contributed by atoms with Crippen LogP contribution >= 0.6 is 15.9 Å². The Hall–Kier alpha value is -3.39. The van der Waals surface area contributed by atoms with Crippen LogP contribution in [0.3, 0.4) is 0 Å². The number of rotatable bonds is 4. The van der Waals surface area contributed by atoms with Crippen molar-refractivity contribution in [3.05, 3.63) is 88.2 Å². The molecule has 0 fully saturated rings. The van der Waals surface area contributed by atoms with Gasteiger partial charge in [-0.05, 0) is 52.3 Å². The molecule has 2 aromatic carbocycles. The fourth-order valence-electron chi connectivity index (χ4n) is 2.34. The van der Waals surface area contributed by atoms with E-state index in [4.69, 9.17) is 0 Å². The molecule has 8 heteroatoms. The third kappa shape index (κ3) is 4.42. The molecule has 1 heterocycles. The van der Waals surface area contributed by atoms with Gasteiger partial charge in [0.2, 0.25) is 0 Å². The van der Waals surface area contributed by atoms with E-state index in [1.165, 1.54) is 0 Å². The predicted molar refractivity (Wildman–Crippen MR) is 104 cm³/mol. The second-order valence-corrected chi connectivity index (χ2v) is 6.33. The molecule has 0 saturated carbocycles. The summed E-state index contributed by atoms with van der Waals surface area (Å²) in [5.41, 5.74) is 5.93. The Kier molecular flexibility index (Phi) is 5.68. The van der Waals surface area contributed by atoms with E-state index in [1.54, 1.807) is 66.9 Å². The minimum Gasteiger partial charge on any atom is -0.357 e. The van der Waals surface area contributed by atoms with Gasteiger partial charge in [-0.15, -0.1) is 0 Å². The van der Waals surface area contributed by atoms with Crippen LogP contribution in [0, 0.1) is 0 Å². The number of H-pyrrole nitrogens is 1. The van der Waals surface area contributed by atoms with Gasteiger partial charge in [0.05, 0.1) is 16.8 Å². The Morgan fingerprint density at radius 1 is 0.741 bits per heavy atom. The Labute approximate surface area is 163 Å². The second-order valence-electron chi connectivity index (χ2n) is 5.47. The molecule has 136 valence electrons. The summed E-state index contributed by atoms with van der Waals surface area (Å²) in [5.74, 6) is -1.40. The largest absolute Gasteiger partial charge is 0.357 e. The summed E-state index contributed by atoms with van der Waals surface area (Å²) in [5, 5.41) is 2.72. The Morgan fingerprint density at radius 2 is 1.41 bits per heavy atom. The normalized spacial score (nSPS) is 10.1. The van der Waals surface area contributed by atoms with Crippen LogP contribution in [-0.2, 0) is 0 Å². The van der Waals surface area contributed by atoms with E-state index in [0.717, 1.165) is 0 Å². The summed E-state index contributed by atoms with van der Waals surface area (Å²) >= 11 is 3.33. The first-order valence-electron chi connectivity index (χ1n) is 7.95. The molecular weight excluding hydrogens is 412 g/mol. The molecule has 0 radical (unpaired) electrons. The van der Waals surface area contributed by atoms with Crippen molar-refractivity contribution in [2.45, 2.75) is 0 Å². The average Bonchev–Trinajstić information content (AvgIpc) is 3.21. The van der Waals surface area contributed by atoms with Crippen LogP contribution in [0.25, 0.3) is 0 Å². The minimum atomic E-state index is -0.557. The first-order chi connectivity index (χ1) is 13.1. The molecule has 0 aliphatic carbocycles. The second kappa shape index (κ2) is 8.33. The highest BCUT2D eigenvalue weighted by atomic mass is 79.9. The lowest BCUT2D eigenvalue weighted by Gasteiger charge is -2.12. The van der Waals surface area contributed by atoms with Crippen LogP contribution in [0.15, 0.2) is 71.3 Å². The molecule has 7 nitrogen and oxygen atoms in total. The average molecular weight is 427 g/mol. The zero-order valence-electron chi connectivity index (χ0n) is 14.0. The van der Waals surface area contributed by atoms with Crippen LogP contribution < -0.4 is 16.2 Å². The van der Waals surface area contributed by atoms with Gasteiger partial charge in [0.1, 0.15) is 5.69 Å². The number of halogens is 1. The van der Waals surface area contributed by atoms with Gasteiger partial charge < -0.3 is 10.3 Å². The van der Waals surface area contributed by atoms with E-state index in [9.17, 15) is 14.4 Å². The quantitative estimate of drug-likeness (QED) is 0.481. The molecule has 0 unspecified atom stereocenters. The van der Waals surface area contributed by atoms with Gasteiger partial charge in [-0.1, -0.05) is 24.3 Å². The molecule has 3 amide bonds. The predicted octanol–water partition coefficient (Wildman–Crippen LogP) is 3.10. The third-order valence-corrected chi connectivity index (χ3v) is 4.36. The molecule has 3 aromatic rings. The number of carbonyl (C=O) groups is 3. The van der Waals surface area contributed by atoms with E-state index in [2.05, 4.69) is 37.1 Å². The van der Waals surface area contributed by atoms with E-state index in [-0.39, 0.29) is 11.5 Å². The van der Waals surface area contributed by atoms with Crippen molar-refractivity contribution in [1.82, 2.24) is 15.8 Å². The number of anilines is 1. The van der Waals surface area contributed by atoms with Gasteiger partial charge in [-0.2, -0.15) is 0 Å². The number of benzene rings is 2. The number of aromatic amines is 1. The molecule has 1 aromatic heterocycles. The molecule has 0 bridgehead atoms. The lowest BCUT2D eigenvalue weighted by atomic mass is 10.1. The van der Waals surface area contributed by atoms with Crippen LogP contribution in [0.1, 0.15) is 31.2 Å². The van der Waals surface area contributed by atoms with Gasteiger partial charge in [0, 0.05) is 10.7 Å². The van der Waals surface area contributed by atoms with Crippen molar-refractivity contribution in [3.63, 3.8) is 0 Å². The summed E-state index contributed by atoms with van der Waals surface area (Å²) in [6, 6.07) is 16.7.